The third-order valence-electron chi connectivity index (χ3n) is 3.09. The van der Waals surface area contributed by atoms with Crippen LogP contribution in [-0.4, -0.2) is 17.0 Å². The summed E-state index contributed by atoms with van der Waals surface area (Å²) in [6.07, 6.45) is 5.63. The molecule has 1 unspecified atom stereocenters. The molecule has 0 aliphatic carbocycles. The van der Waals surface area contributed by atoms with Crippen LogP contribution in [0.1, 0.15) is 29.9 Å². The number of hydrogen-bond donors (Lipinski definition) is 2. The highest BCUT2D eigenvalue weighted by Gasteiger charge is 2.10. The van der Waals surface area contributed by atoms with E-state index in [9.17, 15) is 0 Å². The Morgan fingerprint density at radius 3 is 2.59 bits per heavy atom. The van der Waals surface area contributed by atoms with Gasteiger partial charge in [-0.3, -0.25) is 0 Å². The van der Waals surface area contributed by atoms with Gasteiger partial charge in [-0.15, -0.1) is 0 Å². The van der Waals surface area contributed by atoms with Gasteiger partial charge in [-0.25, -0.2) is 4.98 Å². The van der Waals surface area contributed by atoms with Crippen LogP contribution in [0.3, 0.4) is 0 Å². The van der Waals surface area contributed by atoms with E-state index in [0.717, 1.165) is 18.7 Å². The van der Waals surface area contributed by atoms with E-state index < -0.39 is 0 Å². The third-order valence-corrected chi connectivity index (χ3v) is 3.09. The summed E-state index contributed by atoms with van der Waals surface area (Å²) in [6.45, 7) is 2.17. The van der Waals surface area contributed by atoms with E-state index in [0.29, 0.717) is 6.04 Å². The average Bonchev–Trinajstić information content (AvgIpc) is 2.89. The van der Waals surface area contributed by atoms with E-state index in [-0.39, 0.29) is 0 Å². The first kappa shape index (κ1) is 11.9. The Morgan fingerprint density at radius 2 is 2.06 bits per heavy atom. The van der Waals surface area contributed by atoms with Crippen LogP contribution in [0.4, 0.5) is 0 Å². The first-order chi connectivity index (χ1) is 8.33. The molecule has 2 N–H and O–H groups in total. The summed E-state index contributed by atoms with van der Waals surface area (Å²) in [6, 6.07) is 9.10. The van der Waals surface area contributed by atoms with Gasteiger partial charge in [-0.05, 0) is 24.6 Å². The molecule has 2 rings (SSSR count). The van der Waals surface area contributed by atoms with Crippen LogP contribution in [0.2, 0.25) is 0 Å². The van der Waals surface area contributed by atoms with Crippen LogP contribution in [0.25, 0.3) is 0 Å². The molecule has 1 atom stereocenters. The Kier molecular flexibility index (Phi) is 3.94. The van der Waals surface area contributed by atoms with Crippen LogP contribution in [-0.2, 0) is 12.8 Å². The maximum Gasteiger partial charge on any atom is 0.107 e. The Hall–Kier alpha value is -1.61. The summed E-state index contributed by atoms with van der Waals surface area (Å²) < 4.78 is 0. The summed E-state index contributed by atoms with van der Waals surface area (Å²) in [4.78, 5) is 7.41. The molecule has 1 aromatic carbocycles. The molecule has 1 heterocycles. The Morgan fingerprint density at radius 1 is 1.29 bits per heavy atom. The monoisotopic (exact) mass is 229 g/mol. The zero-order chi connectivity index (χ0) is 12.1. The van der Waals surface area contributed by atoms with Crippen LogP contribution in [0, 0.1) is 0 Å². The number of aryl methyl sites for hydroxylation is 1. The quantitative estimate of drug-likeness (QED) is 0.827. The van der Waals surface area contributed by atoms with Gasteiger partial charge in [0.05, 0.1) is 0 Å². The Balaban J connectivity index is 2.11. The molecule has 0 saturated carbocycles. The number of likely N-dealkylation sites (N-methyl/N-ethyl adjacent to an activating group) is 1. The topological polar surface area (TPSA) is 40.7 Å². The number of hydrogen-bond acceptors (Lipinski definition) is 2. The number of aromatic amines is 1. The second-order valence-corrected chi connectivity index (χ2v) is 4.18. The SMILES string of the molecule is CCc1ccc(C(Cc2ncc[nH]2)NC)cc1. The minimum Gasteiger partial charge on any atom is -0.349 e. The van der Waals surface area contributed by atoms with Crippen molar-refractivity contribution >= 4 is 0 Å². The highest BCUT2D eigenvalue weighted by molar-refractivity contribution is 5.25. The van der Waals surface area contributed by atoms with E-state index in [1.165, 1.54) is 11.1 Å². The fourth-order valence-corrected chi connectivity index (χ4v) is 1.98. The molecule has 17 heavy (non-hydrogen) atoms. The molecule has 0 fully saturated rings. The molecular formula is C14H19N3. The van der Waals surface area contributed by atoms with Crippen molar-refractivity contribution in [3.8, 4) is 0 Å². The lowest BCUT2D eigenvalue weighted by atomic mass is 10.0. The molecule has 2 aromatic rings. The summed E-state index contributed by atoms with van der Waals surface area (Å²) in [5.41, 5.74) is 2.68. The number of rotatable bonds is 5. The zero-order valence-electron chi connectivity index (χ0n) is 10.4. The van der Waals surface area contributed by atoms with Crippen molar-refractivity contribution in [3.63, 3.8) is 0 Å². The zero-order valence-corrected chi connectivity index (χ0v) is 10.4. The summed E-state index contributed by atoms with van der Waals surface area (Å²) >= 11 is 0. The Labute approximate surface area is 102 Å². The minimum absolute atomic E-state index is 0.312. The van der Waals surface area contributed by atoms with E-state index in [1.54, 1.807) is 6.20 Å². The highest BCUT2D eigenvalue weighted by atomic mass is 14.9. The summed E-state index contributed by atoms with van der Waals surface area (Å²) in [7, 11) is 1.99. The van der Waals surface area contributed by atoms with E-state index in [4.69, 9.17) is 0 Å². The van der Waals surface area contributed by atoms with Gasteiger partial charge in [0.2, 0.25) is 0 Å². The van der Waals surface area contributed by atoms with Gasteiger partial charge in [-0.1, -0.05) is 31.2 Å². The van der Waals surface area contributed by atoms with Gasteiger partial charge >= 0.3 is 0 Å². The fraction of sp³-hybridized carbons (Fsp3) is 0.357. The number of aromatic nitrogens is 2. The van der Waals surface area contributed by atoms with Gasteiger partial charge in [0.15, 0.2) is 0 Å². The smallest absolute Gasteiger partial charge is 0.107 e. The van der Waals surface area contributed by atoms with Crippen molar-refractivity contribution in [1.29, 1.82) is 0 Å². The molecule has 0 bridgehead atoms. The molecule has 1 aromatic heterocycles. The standard InChI is InChI=1S/C14H19N3/c1-3-11-4-6-12(7-5-11)13(15-2)10-14-16-8-9-17-14/h4-9,13,15H,3,10H2,1-2H3,(H,16,17). The van der Waals surface area contributed by atoms with Crippen molar-refractivity contribution in [3.05, 3.63) is 53.6 Å². The molecular weight excluding hydrogens is 210 g/mol. The van der Waals surface area contributed by atoms with Gasteiger partial charge < -0.3 is 10.3 Å². The normalized spacial score (nSPS) is 12.6. The third kappa shape index (κ3) is 2.94. The largest absolute Gasteiger partial charge is 0.349 e. The van der Waals surface area contributed by atoms with Crippen LogP contribution < -0.4 is 5.32 Å². The Bertz CT molecular complexity index is 431. The van der Waals surface area contributed by atoms with Crippen molar-refractivity contribution in [1.82, 2.24) is 15.3 Å². The lowest BCUT2D eigenvalue weighted by molar-refractivity contribution is 0.578. The van der Waals surface area contributed by atoms with Crippen molar-refractivity contribution in [2.75, 3.05) is 7.05 Å². The minimum atomic E-state index is 0.312. The molecule has 3 nitrogen and oxygen atoms in total. The number of nitrogens with zero attached hydrogens (tertiary/aromatic N) is 1. The molecule has 90 valence electrons. The first-order valence-electron chi connectivity index (χ1n) is 6.07. The number of imidazole rings is 1. The maximum atomic E-state index is 4.27. The highest BCUT2D eigenvalue weighted by Crippen LogP contribution is 2.17. The molecule has 0 aliphatic heterocycles. The summed E-state index contributed by atoms with van der Waals surface area (Å²) in [5, 5.41) is 3.33. The maximum absolute atomic E-state index is 4.27. The number of benzene rings is 1. The van der Waals surface area contributed by atoms with Crippen LogP contribution >= 0.6 is 0 Å². The molecule has 0 saturated heterocycles. The van der Waals surface area contributed by atoms with E-state index >= 15 is 0 Å². The average molecular weight is 229 g/mol. The van der Waals surface area contributed by atoms with E-state index in [1.807, 2.05) is 13.2 Å². The van der Waals surface area contributed by atoms with Gasteiger partial charge in [0.1, 0.15) is 5.82 Å². The van der Waals surface area contributed by atoms with Crippen LogP contribution in [0.5, 0.6) is 0 Å². The lowest BCUT2D eigenvalue weighted by Crippen LogP contribution is -2.19. The van der Waals surface area contributed by atoms with Crippen molar-refractivity contribution < 1.29 is 0 Å². The van der Waals surface area contributed by atoms with Crippen LogP contribution in [0.15, 0.2) is 36.7 Å². The second kappa shape index (κ2) is 5.64. The second-order valence-electron chi connectivity index (χ2n) is 4.18. The fourth-order valence-electron chi connectivity index (χ4n) is 1.98. The predicted octanol–water partition coefficient (Wildman–Crippen LogP) is 2.48. The molecule has 0 spiro atoms. The first-order valence-corrected chi connectivity index (χ1v) is 6.07. The van der Waals surface area contributed by atoms with Crippen molar-refractivity contribution in [2.45, 2.75) is 25.8 Å². The van der Waals surface area contributed by atoms with Gasteiger partial charge in [-0.2, -0.15) is 0 Å². The van der Waals surface area contributed by atoms with E-state index in [2.05, 4.69) is 46.5 Å². The van der Waals surface area contributed by atoms with Gasteiger partial charge in [0.25, 0.3) is 0 Å². The lowest BCUT2D eigenvalue weighted by Gasteiger charge is -2.15. The number of H-pyrrole nitrogens is 1. The van der Waals surface area contributed by atoms with Gasteiger partial charge in [0, 0.05) is 24.9 Å². The molecule has 0 aliphatic rings. The number of nitrogens with one attached hydrogen (secondary N) is 2. The molecule has 3 heteroatoms. The predicted molar refractivity (Wildman–Crippen MR) is 69.9 cm³/mol. The molecule has 0 radical (unpaired) electrons. The molecule has 0 amide bonds. The summed E-state index contributed by atoms with van der Waals surface area (Å²) in [5.74, 6) is 1.02. The van der Waals surface area contributed by atoms with Crippen molar-refractivity contribution in [2.24, 2.45) is 0 Å².